The van der Waals surface area contributed by atoms with E-state index in [1.807, 2.05) is 19.0 Å². The minimum Gasteiger partial charge on any atom is -0.355 e. The second-order valence-electron chi connectivity index (χ2n) is 6.04. The predicted molar refractivity (Wildman–Crippen MR) is 94.7 cm³/mol. The van der Waals surface area contributed by atoms with Crippen molar-refractivity contribution in [3.63, 3.8) is 0 Å². The van der Waals surface area contributed by atoms with Crippen molar-refractivity contribution in [2.24, 2.45) is 0 Å². The molecule has 0 saturated carbocycles. The van der Waals surface area contributed by atoms with Gasteiger partial charge in [-0.25, -0.2) is 9.07 Å². The third kappa shape index (κ3) is 6.11. The highest BCUT2D eigenvalue weighted by Gasteiger charge is 2.06. The van der Waals surface area contributed by atoms with Crippen molar-refractivity contribution in [1.82, 2.24) is 20.0 Å². The summed E-state index contributed by atoms with van der Waals surface area (Å²) in [7, 11) is 3.89. The van der Waals surface area contributed by atoms with Gasteiger partial charge in [0, 0.05) is 37.7 Å². The van der Waals surface area contributed by atoms with Crippen LogP contribution in [0.5, 0.6) is 0 Å². The van der Waals surface area contributed by atoms with E-state index in [4.69, 9.17) is 0 Å². The van der Waals surface area contributed by atoms with Gasteiger partial charge in [-0.3, -0.25) is 9.59 Å². The number of nitrogens with zero attached hydrogens (tertiary/aromatic N) is 3. The van der Waals surface area contributed by atoms with Gasteiger partial charge in [-0.2, -0.15) is 5.10 Å². The highest BCUT2D eigenvalue weighted by atomic mass is 19.1. The second kappa shape index (κ2) is 9.08. The Kier molecular flexibility index (Phi) is 6.82. The molecule has 2 aromatic rings. The van der Waals surface area contributed by atoms with Crippen LogP contribution in [-0.2, 0) is 11.3 Å². The van der Waals surface area contributed by atoms with Gasteiger partial charge in [0.15, 0.2) is 0 Å². The van der Waals surface area contributed by atoms with Gasteiger partial charge in [-0.15, -0.1) is 0 Å². The molecule has 0 aliphatic carbocycles. The minimum absolute atomic E-state index is 0.0374. The van der Waals surface area contributed by atoms with E-state index in [0.29, 0.717) is 31.6 Å². The van der Waals surface area contributed by atoms with E-state index < -0.39 is 0 Å². The number of hydrogen-bond acceptors (Lipinski definition) is 4. The third-order valence-electron chi connectivity index (χ3n) is 3.66. The molecular weight excluding hydrogens is 323 g/mol. The number of carbonyl (C=O) groups is 1. The van der Waals surface area contributed by atoms with E-state index in [1.54, 1.807) is 18.2 Å². The lowest BCUT2D eigenvalue weighted by atomic mass is 10.1. The lowest BCUT2D eigenvalue weighted by molar-refractivity contribution is -0.121. The smallest absolute Gasteiger partial charge is 0.266 e. The fourth-order valence-corrected chi connectivity index (χ4v) is 2.28. The predicted octanol–water partition coefficient (Wildman–Crippen LogP) is 1.51. The maximum absolute atomic E-state index is 13.0. The first-order chi connectivity index (χ1) is 12.0. The molecule has 1 heterocycles. The van der Waals surface area contributed by atoms with Crippen LogP contribution in [0.4, 0.5) is 4.39 Å². The quantitative estimate of drug-likeness (QED) is 0.787. The topological polar surface area (TPSA) is 67.2 Å². The van der Waals surface area contributed by atoms with E-state index in [2.05, 4.69) is 10.4 Å². The maximum atomic E-state index is 13.0. The summed E-state index contributed by atoms with van der Waals surface area (Å²) < 4.78 is 14.3. The van der Waals surface area contributed by atoms with Crippen molar-refractivity contribution < 1.29 is 9.18 Å². The van der Waals surface area contributed by atoms with Crippen molar-refractivity contribution in [2.45, 2.75) is 19.4 Å². The normalized spacial score (nSPS) is 10.9. The lowest BCUT2D eigenvalue weighted by Crippen LogP contribution is -2.31. The van der Waals surface area contributed by atoms with Crippen molar-refractivity contribution in [3.05, 3.63) is 52.6 Å². The SMILES string of the molecule is CN(C)CCNC(=O)CCCn1nc(-c2ccc(F)cc2)ccc1=O. The molecular formula is C18H23FN4O2. The van der Waals surface area contributed by atoms with Crippen LogP contribution in [0.2, 0.25) is 0 Å². The molecule has 0 aliphatic heterocycles. The van der Waals surface area contributed by atoms with E-state index in [1.165, 1.54) is 22.9 Å². The summed E-state index contributed by atoms with van der Waals surface area (Å²) in [6.07, 6.45) is 0.857. The Bertz CT molecular complexity index is 756. The fraction of sp³-hybridized carbons (Fsp3) is 0.389. The Morgan fingerprint density at radius 2 is 1.92 bits per heavy atom. The number of amides is 1. The Morgan fingerprint density at radius 1 is 1.20 bits per heavy atom. The molecule has 0 atom stereocenters. The number of aromatic nitrogens is 2. The minimum atomic E-state index is -0.322. The molecule has 6 nitrogen and oxygen atoms in total. The molecule has 0 bridgehead atoms. The molecule has 0 spiro atoms. The summed E-state index contributed by atoms with van der Waals surface area (Å²) in [5.74, 6) is -0.359. The van der Waals surface area contributed by atoms with Gasteiger partial charge in [0.25, 0.3) is 5.56 Å². The fourth-order valence-electron chi connectivity index (χ4n) is 2.28. The number of halogens is 1. The number of hydrogen-bond donors (Lipinski definition) is 1. The van der Waals surface area contributed by atoms with Crippen LogP contribution in [0.3, 0.4) is 0 Å². The Labute approximate surface area is 146 Å². The first-order valence-electron chi connectivity index (χ1n) is 8.21. The first kappa shape index (κ1) is 18.8. The van der Waals surface area contributed by atoms with E-state index in [9.17, 15) is 14.0 Å². The molecule has 1 N–H and O–H groups in total. The van der Waals surface area contributed by atoms with Crippen LogP contribution >= 0.6 is 0 Å². The van der Waals surface area contributed by atoms with Crippen molar-refractivity contribution in [3.8, 4) is 11.3 Å². The van der Waals surface area contributed by atoms with Gasteiger partial charge in [0.05, 0.1) is 5.69 Å². The van der Waals surface area contributed by atoms with Gasteiger partial charge in [-0.05, 0) is 50.8 Å². The third-order valence-corrected chi connectivity index (χ3v) is 3.66. The monoisotopic (exact) mass is 346 g/mol. The molecule has 0 aliphatic rings. The molecule has 1 aromatic carbocycles. The molecule has 0 radical (unpaired) electrons. The number of likely N-dealkylation sites (N-methyl/N-ethyl adjacent to an activating group) is 1. The summed E-state index contributed by atoms with van der Waals surface area (Å²) in [6, 6.07) is 8.98. The molecule has 2 rings (SSSR count). The van der Waals surface area contributed by atoms with Gasteiger partial charge >= 0.3 is 0 Å². The highest BCUT2D eigenvalue weighted by molar-refractivity contribution is 5.75. The summed E-state index contributed by atoms with van der Waals surface area (Å²) in [6.45, 7) is 1.74. The van der Waals surface area contributed by atoms with Gasteiger partial charge < -0.3 is 10.2 Å². The standard InChI is InChI=1S/C18H23FN4O2/c1-22(2)13-11-20-17(24)4-3-12-23-18(25)10-9-16(21-23)14-5-7-15(19)8-6-14/h5-10H,3-4,11-13H2,1-2H3,(H,20,24). The van der Waals surface area contributed by atoms with Gasteiger partial charge in [0.1, 0.15) is 5.82 Å². The summed E-state index contributed by atoms with van der Waals surface area (Å²) in [4.78, 5) is 25.7. The number of rotatable bonds is 8. The van der Waals surface area contributed by atoms with Crippen LogP contribution in [-0.4, -0.2) is 47.8 Å². The zero-order chi connectivity index (χ0) is 18.2. The van der Waals surface area contributed by atoms with Gasteiger partial charge in [-0.1, -0.05) is 0 Å². The zero-order valence-corrected chi connectivity index (χ0v) is 14.5. The van der Waals surface area contributed by atoms with Crippen LogP contribution in [0.1, 0.15) is 12.8 Å². The van der Waals surface area contributed by atoms with Crippen LogP contribution < -0.4 is 10.9 Å². The Morgan fingerprint density at radius 3 is 2.60 bits per heavy atom. The molecule has 0 unspecified atom stereocenters. The Balaban J connectivity index is 1.91. The zero-order valence-electron chi connectivity index (χ0n) is 14.5. The van der Waals surface area contributed by atoms with Crippen molar-refractivity contribution in [1.29, 1.82) is 0 Å². The summed E-state index contributed by atoms with van der Waals surface area (Å²) in [5.41, 5.74) is 1.10. The van der Waals surface area contributed by atoms with Crippen LogP contribution in [0.25, 0.3) is 11.3 Å². The lowest BCUT2D eigenvalue weighted by Gasteiger charge is -2.10. The van der Waals surface area contributed by atoms with Crippen molar-refractivity contribution in [2.75, 3.05) is 27.2 Å². The molecule has 1 aromatic heterocycles. The molecule has 0 saturated heterocycles. The second-order valence-corrected chi connectivity index (χ2v) is 6.04. The summed E-state index contributed by atoms with van der Waals surface area (Å²) in [5, 5.41) is 7.13. The molecule has 0 fully saturated rings. The van der Waals surface area contributed by atoms with Crippen molar-refractivity contribution >= 4 is 5.91 Å². The number of nitrogens with one attached hydrogen (secondary N) is 1. The number of benzene rings is 1. The van der Waals surface area contributed by atoms with Crippen LogP contribution in [0, 0.1) is 5.82 Å². The van der Waals surface area contributed by atoms with Gasteiger partial charge in [0.2, 0.25) is 5.91 Å². The van der Waals surface area contributed by atoms with E-state index >= 15 is 0 Å². The largest absolute Gasteiger partial charge is 0.355 e. The molecule has 7 heteroatoms. The van der Waals surface area contributed by atoms with E-state index in [-0.39, 0.29) is 17.3 Å². The maximum Gasteiger partial charge on any atom is 0.266 e. The number of aryl methyl sites for hydroxylation is 1. The Hall–Kier alpha value is -2.54. The van der Waals surface area contributed by atoms with E-state index in [0.717, 1.165) is 12.1 Å². The summed E-state index contributed by atoms with van der Waals surface area (Å²) >= 11 is 0. The van der Waals surface area contributed by atoms with Crippen LogP contribution in [0.15, 0.2) is 41.2 Å². The first-order valence-corrected chi connectivity index (χ1v) is 8.21. The highest BCUT2D eigenvalue weighted by Crippen LogP contribution is 2.15. The molecule has 25 heavy (non-hydrogen) atoms. The molecule has 1 amide bonds. The number of carbonyl (C=O) groups excluding carboxylic acids is 1. The average Bonchev–Trinajstić information content (AvgIpc) is 2.57. The molecule has 134 valence electrons. The average molecular weight is 346 g/mol.